The topological polar surface area (TPSA) is 134 Å². The van der Waals surface area contributed by atoms with E-state index in [-0.39, 0.29) is 29.7 Å². The third-order valence-corrected chi connectivity index (χ3v) is 8.41. The van der Waals surface area contributed by atoms with Crippen LogP contribution in [0.2, 0.25) is 10.0 Å². The minimum Gasteiger partial charge on any atom is -0.444 e. The lowest BCUT2D eigenvalue weighted by Gasteiger charge is -2.36. The average molecular weight is 660 g/mol. The number of aromatic nitrogens is 4. The molecule has 2 aromatic heterocycles. The minimum atomic E-state index is -0.608. The standard InChI is InChI=1S/C30H36Cl2N8O5/c1-18-25(37-14-12-36(13-15-37)19(2)41)27(43)40-28(39(18)17-24(42)33-21-6-7-22(31)23(32)16-21)34-26(35-40)20-8-10-38(11-9-20)29(44)45-30(3,4)5/h6-8,16H,9-15,17H2,1-5H3,(H,33,42). The van der Waals surface area contributed by atoms with Gasteiger partial charge in [0, 0.05) is 57.6 Å². The summed E-state index contributed by atoms with van der Waals surface area (Å²) in [6.45, 7) is 11.1. The Bertz CT molecular complexity index is 1750. The first-order valence-corrected chi connectivity index (χ1v) is 15.4. The van der Waals surface area contributed by atoms with Crippen LogP contribution in [0.4, 0.5) is 16.2 Å². The third kappa shape index (κ3) is 7.09. The summed E-state index contributed by atoms with van der Waals surface area (Å²) in [5, 5.41) is 8.09. The SMILES string of the molecule is CC(=O)N1CCN(c2c(C)n(CC(=O)Nc3ccc(Cl)c(Cl)c3)c3nc(C4=CCN(C(=O)OC(C)(C)C)CC4)nn3c2=O)CC1. The maximum absolute atomic E-state index is 13.9. The van der Waals surface area contributed by atoms with E-state index in [0.717, 1.165) is 5.57 Å². The number of halogens is 2. The molecule has 4 heterocycles. The second-order valence-electron chi connectivity index (χ2n) is 12.0. The molecule has 0 saturated carbocycles. The molecule has 1 aromatic carbocycles. The highest BCUT2D eigenvalue weighted by Gasteiger charge is 2.29. The molecule has 2 aliphatic heterocycles. The van der Waals surface area contributed by atoms with E-state index >= 15 is 0 Å². The number of piperazine rings is 1. The summed E-state index contributed by atoms with van der Waals surface area (Å²) in [5.74, 6) is 0.153. The van der Waals surface area contributed by atoms with Gasteiger partial charge in [0.2, 0.25) is 17.6 Å². The van der Waals surface area contributed by atoms with Crippen molar-refractivity contribution in [2.45, 2.75) is 53.2 Å². The van der Waals surface area contributed by atoms with Gasteiger partial charge in [-0.2, -0.15) is 9.50 Å². The lowest BCUT2D eigenvalue weighted by atomic mass is 10.1. The maximum atomic E-state index is 13.9. The van der Waals surface area contributed by atoms with Crippen molar-refractivity contribution in [3.8, 4) is 0 Å². The number of rotatable bonds is 5. The lowest BCUT2D eigenvalue weighted by molar-refractivity contribution is -0.129. The van der Waals surface area contributed by atoms with Crippen LogP contribution >= 0.6 is 23.2 Å². The van der Waals surface area contributed by atoms with E-state index in [0.29, 0.717) is 78.6 Å². The van der Waals surface area contributed by atoms with Crippen molar-refractivity contribution >= 4 is 63.8 Å². The number of nitrogens with one attached hydrogen (secondary N) is 1. The van der Waals surface area contributed by atoms with Crippen LogP contribution in [0.15, 0.2) is 29.1 Å². The predicted octanol–water partition coefficient (Wildman–Crippen LogP) is 3.84. The smallest absolute Gasteiger partial charge is 0.410 e. The number of fused-ring (bicyclic) bond motifs is 1. The number of carbonyl (C=O) groups excluding carboxylic acids is 3. The van der Waals surface area contributed by atoms with E-state index in [4.69, 9.17) is 32.9 Å². The highest BCUT2D eigenvalue weighted by Crippen LogP contribution is 2.26. The summed E-state index contributed by atoms with van der Waals surface area (Å²) in [5.41, 5.74) is 1.19. The second kappa shape index (κ2) is 12.7. The van der Waals surface area contributed by atoms with Crippen molar-refractivity contribution < 1.29 is 19.1 Å². The molecule has 0 atom stereocenters. The summed E-state index contributed by atoms with van der Waals surface area (Å²) >= 11 is 12.2. The van der Waals surface area contributed by atoms with E-state index in [2.05, 4.69) is 10.4 Å². The van der Waals surface area contributed by atoms with Gasteiger partial charge in [-0.15, -0.1) is 5.10 Å². The van der Waals surface area contributed by atoms with Crippen LogP contribution < -0.4 is 15.8 Å². The highest BCUT2D eigenvalue weighted by molar-refractivity contribution is 6.42. The van der Waals surface area contributed by atoms with Crippen LogP contribution in [0.25, 0.3) is 11.4 Å². The van der Waals surface area contributed by atoms with Gasteiger partial charge in [0.25, 0.3) is 5.56 Å². The van der Waals surface area contributed by atoms with Gasteiger partial charge in [-0.05, 0) is 57.9 Å². The molecule has 0 bridgehead atoms. The zero-order valence-electron chi connectivity index (χ0n) is 25.9. The molecule has 1 N–H and O–H groups in total. The fraction of sp³-hybridized carbons (Fsp3) is 0.467. The number of hydrogen-bond acceptors (Lipinski definition) is 8. The molecule has 0 radical (unpaired) electrons. The number of ether oxygens (including phenoxy) is 1. The van der Waals surface area contributed by atoms with Crippen molar-refractivity contribution in [3.05, 3.63) is 56.2 Å². The Hall–Kier alpha value is -4.10. The van der Waals surface area contributed by atoms with E-state index in [9.17, 15) is 19.2 Å². The fourth-order valence-electron chi connectivity index (χ4n) is 5.36. The zero-order valence-corrected chi connectivity index (χ0v) is 27.4. The third-order valence-electron chi connectivity index (χ3n) is 7.67. The van der Waals surface area contributed by atoms with Crippen molar-refractivity contribution in [2.24, 2.45) is 0 Å². The number of anilines is 2. The predicted molar refractivity (Wildman–Crippen MR) is 172 cm³/mol. The Labute approximate surface area is 270 Å². The molecule has 240 valence electrons. The summed E-state index contributed by atoms with van der Waals surface area (Å²) in [6, 6.07) is 4.79. The van der Waals surface area contributed by atoms with Gasteiger partial charge < -0.3 is 29.3 Å². The number of nitrogens with zero attached hydrogens (tertiary/aromatic N) is 7. The zero-order chi connectivity index (χ0) is 32.6. The molecule has 0 aliphatic carbocycles. The van der Waals surface area contributed by atoms with Crippen LogP contribution in [0, 0.1) is 6.92 Å². The quantitative estimate of drug-likeness (QED) is 0.437. The molecule has 3 aromatic rings. The highest BCUT2D eigenvalue weighted by atomic mass is 35.5. The Kier molecular flexibility index (Phi) is 9.13. The number of carbonyl (C=O) groups is 3. The van der Waals surface area contributed by atoms with Crippen LogP contribution in [0.1, 0.15) is 45.6 Å². The Morgan fingerprint density at radius 1 is 1.02 bits per heavy atom. The summed E-state index contributed by atoms with van der Waals surface area (Å²) < 4.78 is 8.38. The van der Waals surface area contributed by atoms with E-state index in [1.54, 1.807) is 39.5 Å². The van der Waals surface area contributed by atoms with Gasteiger partial charge >= 0.3 is 6.09 Å². The van der Waals surface area contributed by atoms with Crippen molar-refractivity contribution in [1.29, 1.82) is 0 Å². The van der Waals surface area contributed by atoms with Crippen molar-refractivity contribution in [3.63, 3.8) is 0 Å². The molecule has 3 amide bonds. The number of hydrogen-bond donors (Lipinski definition) is 1. The normalized spacial score (nSPS) is 15.7. The molecule has 1 fully saturated rings. The van der Waals surface area contributed by atoms with Gasteiger partial charge in [-0.3, -0.25) is 14.4 Å². The number of benzene rings is 1. The molecule has 13 nitrogen and oxygen atoms in total. The van der Waals surface area contributed by atoms with Crippen LogP contribution in [0.5, 0.6) is 0 Å². The summed E-state index contributed by atoms with van der Waals surface area (Å²) in [4.78, 5) is 61.7. The Morgan fingerprint density at radius 3 is 2.33 bits per heavy atom. The Balaban J connectivity index is 1.50. The van der Waals surface area contributed by atoms with Gasteiger partial charge in [-0.1, -0.05) is 29.3 Å². The molecular formula is C30H36Cl2N8O5. The van der Waals surface area contributed by atoms with Gasteiger partial charge in [-0.25, -0.2) is 4.79 Å². The Morgan fingerprint density at radius 2 is 1.73 bits per heavy atom. The van der Waals surface area contributed by atoms with Crippen LogP contribution in [-0.2, 0) is 20.9 Å². The first-order valence-electron chi connectivity index (χ1n) is 14.6. The molecule has 45 heavy (non-hydrogen) atoms. The first kappa shape index (κ1) is 32.3. The molecule has 0 spiro atoms. The van der Waals surface area contributed by atoms with Crippen LogP contribution in [0.3, 0.4) is 0 Å². The summed E-state index contributed by atoms with van der Waals surface area (Å²) in [6.07, 6.45) is 1.91. The molecule has 0 unspecified atom stereocenters. The molecular weight excluding hydrogens is 623 g/mol. The average Bonchev–Trinajstić information content (AvgIpc) is 3.43. The van der Waals surface area contributed by atoms with E-state index < -0.39 is 11.7 Å². The first-order chi connectivity index (χ1) is 21.2. The molecule has 2 aliphatic rings. The van der Waals surface area contributed by atoms with Gasteiger partial charge in [0.05, 0.1) is 10.0 Å². The molecule has 15 heteroatoms. The molecule has 5 rings (SSSR count). The van der Waals surface area contributed by atoms with Gasteiger partial charge in [0.1, 0.15) is 17.8 Å². The van der Waals surface area contributed by atoms with E-state index in [1.165, 1.54) is 11.4 Å². The minimum absolute atomic E-state index is 0.0230. The lowest BCUT2D eigenvalue weighted by Crippen LogP contribution is -2.50. The maximum Gasteiger partial charge on any atom is 0.410 e. The van der Waals surface area contributed by atoms with Gasteiger partial charge in [0.15, 0.2) is 5.82 Å². The summed E-state index contributed by atoms with van der Waals surface area (Å²) in [7, 11) is 0. The monoisotopic (exact) mass is 658 g/mol. The molecule has 1 saturated heterocycles. The largest absolute Gasteiger partial charge is 0.444 e. The van der Waals surface area contributed by atoms with Crippen LogP contribution in [-0.4, -0.2) is 91.7 Å². The number of amides is 3. The van der Waals surface area contributed by atoms with Crippen molar-refractivity contribution in [1.82, 2.24) is 29.0 Å². The van der Waals surface area contributed by atoms with Crippen molar-refractivity contribution in [2.75, 3.05) is 49.5 Å². The second-order valence-corrected chi connectivity index (χ2v) is 12.9. The fourth-order valence-corrected chi connectivity index (χ4v) is 5.66. The van der Waals surface area contributed by atoms with E-state index in [1.807, 2.05) is 31.7 Å².